The zero-order valence-corrected chi connectivity index (χ0v) is 9.21. The van der Waals surface area contributed by atoms with Crippen LogP contribution in [-0.2, 0) is 0 Å². The van der Waals surface area contributed by atoms with Gasteiger partial charge in [0.15, 0.2) is 0 Å². The first kappa shape index (κ1) is 9.17. The summed E-state index contributed by atoms with van der Waals surface area (Å²) in [6.45, 7) is 3.80. The second-order valence-corrected chi connectivity index (χ2v) is 6.10. The van der Waals surface area contributed by atoms with E-state index >= 15 is 0 Å². The predicted molar refractivity (Wildman–Crippen MR) is 58.1 cm³/mol. The summed E-state index contributed by atoms with van der Waals surface area (Å²) in [5, 5.41) is 0. The molecule has 0 amide bonds. The molecule has 1 saturated carbocycles. The molecular weight excluding hydrogens is 172 g/mol. The van der Waals surface area contributed by atoms with Crippen LogP contribution in [0.25, 0.3) is 0 Å². The number of rotatable bonds is 2. The third kappa shape index (κ3) is 1.49. The smallest absolute Gasteiger partial charge is 0.0114 e. The summed E-state index contributed by atoms with van der Waals surface area (Å²) in [7, 11) is 0. The SMILES string of the molecule is CC1(CN2C3CCC2CC(N)C3)CC1. The number of hydrogen-bond donors (Lipinski definition) is 1. The lowest BCUT2D eigenvalue weighted by molar-refractivity contribution is 0.105. The Morgan fingerprint density at radius 2 is 1.79 bits per heavy atom. The highest BCUT2D eigenvalue weighted by Crippen LogP contribution is 2.48. The summed E-state index contributed by atoms with van der Waals surface area (Å²) in [5.41, 5.74) is 6.75. The Morgan fingerprint density at radius 3 is 2.29 bits per heavy atom. The van der Waals surface area contributed by atoms with Gasteiger partial charge in [-0.15, -0.1) is 0 Å². The van der Waals surface area contributed by atoms with Crippen LogP contribution in [0.5, 0.6) is 0 Å². The lowest BCUT2D eigenvalue weighted by Crippen LogP contribution is -2.49. The second kappa shape index (κ2) is 2.96. The third-order valence-corrected chi connectivity index (χ3v) is 4.59. The number of nitrogens with zero attached hydrogens (tertiary/aromatic N) is 1. The molecule has 2 aliphatic heterocycles. The van der Waals surface area contributed by atoms with E-state index in [-0.39, 0.29) is 0 Å². The summed E-state index contributed by atoms with van der Waals surface area (Å²) in [6.07, 6.45) is 8.24. The topological polar surface area (TPSA) is 29.3 Å². The van der Waals surface area contributed by atoms with Gasteiger partial charge in [0.25, 0.3) is 0 Å². The highest BCUT2D eigenvalue weighted by molar-refractivity contribution is 5.01. The Balaban J connectivity index is 1.69. The van der Waals surface area contributed by atoms with Crippen molar-refractivity contribution in [1.29, 1.82) is 0 Å². The normalized spacial score (nSPS) is 45.4. The van der Waals surface area contributed by atoms with E-state index < -0.39 is 0 Å². The van der Waals surface area contributed by atoms with Crippen molar-refractivity contribution in [3.05, 3.63) is 0 Å². The fourth-order valence-electron chi connectivity index (χ4n) is 3.39. The Morgan fingerprint density at radius 1 is 1.21 bits per heavy atom. The van der Waals surface area contributed by atoms with Gasteiger partial charge in [0.05, 0.1) is 0 Å². The lowest BCUT2D eigenvalue weighted by atomic mass is 9.96. The van der Waals surface area contributed by atoms with Crippen LogP contribution in [0.3, 0.4) is 0 Å². The summed E-state index contributed by atoms with van der Waals surface area (Å²) >= 11 is 0. The summed E-state index contributed by atoms with van der Waals surface area (Å²) in [6, 6.07) is 2.16. The lowest BCUT2D eigenvalue weighted by Gasteiger charge is -2.39. The predicted octanol–water partition coefficient (Wildman–Crippen LogP) is 1.74. The highest BCUT2D eigenvalue weighted by Gasteiger charge is 2.46. The number of nitrogens with two attached hydrogens (primary N) is 1. The number of hydrogen-bond acceptors (Lipinski definition) is 2. The molecule has 2 bridgehead atoms. The van der Waals surface area contributed by atoms with Crippen LogP contribution in [-0.4, -0.2) is 29.6 Å². The average Bonchev–Trinajstić information content (AvgIpc) is 2.80. The van der Waals surface area contributed by atoms with Crippen molar-refractivity contribution >= 4 is 0 Å². The molecule has 2 heteroatoms. The fourth-order valence-corrected chi connectivity index (χ4v) is 3.39. The van der Waals surface area contributed by atoms with Crippen LogP contribution in [0.2, 0.25) is 0 Å². The molecular formula is C12H22N2. The molecule has 1 aliphatic carbocycles. The van der Waals surface area contributed by atoms with Crippen LogP contribution in [0, 0.1) is 5.41 Å². The second-order valence-electron chi connectivity index (χ2n) is 6.10. The Bertz CT molecular complexity index is 220. The molecule has 3 rings (SSSR count). The first-order valence-corrected chi connectivity index (χ1v) is 6.18. The van der Waals surface area contributed by atoms with E-state index in [9.17, 15) is 0 Å². The van der Waals surface area contributed by atoms with Crippen LogP contribution in [0.15, 0.2) is 0 Å². The van der Waals surface area contributed by atoms with E-state index in [1.807, 2.05) is 0 Å². The van der Waals surface area contributed by atoms with Crippen LogP contribution >= 0.6 is 0 Å². The molecule has 0 spiro atoms. The van der Waals surface area contributed by atoms with Crippen LogP contribution in [0.4, 0.5) is 0 Å². The van der Waals surface area contributed by atoms with E-state index in [1.165, 1.54) is 45.1 Å². The standard InChI is InChI=1S/C12H22N2/c1-12(4-5-12)8-14-10-2-3-11(14)7-9(13)6-10/h9-11H,2-8,13H2,1H3. The van der Waals surface area contributed by atoms with Crippen molar-refractivity contribution in [1.82, 2.24) is 4.90 Å². The average molecular weight is 194 g/mol. The van der Waals surface area contributed by atoms with Gasteiger partial charge < -0.3 is 5.73 Å². The molecule has 0 aromatic carbocycles. The Labute approximate surface area is 86.8 Å². The molecule has 2 N–H and O–H groups in total. The van der Waals surface area contributed by atoms with E-state index in [1.54, 1.807) is 0 Å². The van der Waals surface area contributed by atoms with E-state index in [4.69, 9.17) is 5.73 Å². The van der Waals surface area contributed by atoms with Gasteiger partial charge >= 0.3 is 0 Å². The molecule has 0 aromatic heterocycles. The van der Waals surface area contributed by atoms with Gasteiger partial charge in [-0.1, -0.05) is 6.92 Å². The minimum atomic E-state index is 0.496. The van der Waals surface area contributed by atoms with Gasteiger partial charge in [0, 0.05) is 24.7 Å². The van der Waals surface area contributed by atoms with Crippen molar-refractivity contribution in [3.8, 4) is 0 Å². The molecule has 3 fully saturated rings. The van der Waals surface area contributed by atoms with Crippen molar-refractivity contribution in [2.45, 2.75) is 63.6 Å². The van der Waals surface area contributed by atoms with Gasteiger partial charge in [-0.25, -0.2) is 0 Å². The molecule has 2 heterocycles. The van der Waals surface area contributed by atoms with Crippen molar-refractivity contribution in [3.63, 3.8) is 0 Å². The fraction of sp³-hybridized carbons (Fsp3) is 1.00. The molecule has 2 unspecified atom stereocenters. The minimum absolute atomic E-state index is 0.496. The number of piperidine rings is 1. The molecule has 0 aromatic rings. The molecule has 2 atom stereocenters. The zero-order valence-electron chi connectivity index (χ0n) is 9.21. The largest absolute Gasteiger partial charge is 0.328 e. The van der Waals surface area contributed by atoms with Gasteiger partial charge in [-0.05, 0) is 43.9 Å². The highest BCUT2D eigenvalue weighted by atomic mass is 15.2. The molecule has 3 aliphatic rings. The van der Waals surface area contributed by atoms with E-state index in [0.717, 1.165) is 12.1 Å². The quantitative estimate of drug-likeness (QED) is 0.725. The first-order valence-electron chi connectivity index (χ1n) is 6.18. The molecule has 2 saturated heterocycles. The maximum Gasteiger partial charge on any atom is 0.0114 e. The molecule has 2 nitrogen and oxygen atoms in total. The number of fused-ring (bicyclic) bond motifs is 2. The molecule has 0 radical (unpaired) electrons. The Hall–Kier alpha value is -0.0800. The molecule has 80 valence electrons. The summed E-state index contributed by atoms with van der Waals surface area (Å²) in [4.78, 5) is 2.79. The van der Waals surface area contributed by atoms with Gasteiger partial charge in [-0.3, -0.25) is 4.90 Å². The maximum absolute atomic E-state index is 6.07. The van der Waals surface area contributed by atoms with Crippen LogP contribution < -0.4 is 5.73 Å². The summed E-state index contributed by atoms with van der Waals surface area (Å²) in [5.74, 6) is 0. The third-order valence-electron chi connectivity index (χ3n) is 4.59. The Kier molecular flexibility index (Phi) is 1.94. The van der Waals surface area contributed by atoms with Gasteiger partial charge in [0.1, 0.15) is 0 Å². The van der Waals surface area contributed by atoms with E-state index in [0.29, 0.717) is 11.5 Å². The van der Waals surface area contributed by atoms with Crippen LogP contribution in [0.1, 0.15) is 45.4 Å². The van der Waals surface area contributed by atoms with Crippen molar-refractivity contribution < 1.29 is 0 Å². The summed E-state index contributed by atoms with van der Waals surface area (Å²) < 4.78 is 0. The van der Waals surface area contributed by atoms with Crippen molar-refractivity contribution in [2.24, 2.45) is 11.1 Å². The van der Waals surface area contributed by atoms with Crippen molar-refractivity contribution in [2.75, 3.05) is 6.54 Å². The maximum atomic E-state index is 6.07. The monoisotopic (exact) mass is 194 g/mol. The first-order chi connectivity index (χ1) is 6.66. The molecule has 14 heavy (non-hydrogen) atoms. The van der Waals surface area contributed by atoms with Gasteiger partial charge in [-0.2, -0.15) is 0 Å². The van der Waals surface area contributed by atoms with E-state index in [2.05, 4.69) is 11.8 Å². The minimum Gasteiger partial charge on any atom is -0.328 e. The zero-order chi connectivity index (χ0) is 9.76. The van der Waals surface area contributed by atoms with Gasteiger partial charge in [0.2, 0.25) is 0 Å².